The Morgan fingerprint density at radius 3 is 2.60 bits per heavy atom. The van der Waals surface area contributed by atoms with Gasteiger partial charge in [0.05, 0.1) is 7.11 Å². The van der Waals surface area contributed by atoms with Crippen LogP contribution in [0.3, 0.4) is 0 Å². The van der Waals surface area contributed by atoms with Crippen LogP contribution in [0.1, 0.15) is 24.1 Å². The molecule has 0 saturated carbocycles. The van der Waals surface area contributed by atoms with E-state index in [1.54, 1.807) is 14.2 Å². The van der Waals surface area contributed by atoms with E-state index < -0.39 is 0 Å². The first-order chi connectivity index (χ1) is 11.7. The summed E-state index contributed by atoms with van der Waals surface area (Å²) in [6, 6.07) is 14.1. The Labute approximate surface area is 167 Å². The summed E-state index contributed by atoms with van der Waals surface area (Å²) in [5.74, 6) is 2.04. The maximum absolute atomic E-state index is 5.43. The Balaban J connectivity index is 0.00000312. The summed E-state index contributed by atoms with van der Waals surface area (Å²) in [5, 5.41) is 6.69. The number of benzene rings is 1. The molecule has 2 aromatic rings. The number of guanidine groups is 1. The number of rotatable bonds is 7. The van der Waals surface area contributed by atoms with E-state index in [1.165, 1.54) is 5.56 Å². The zero-order valence-electron chi connectivity index (χ0n) is 15.0. The molecule has 2 rings (SSSR count). The number of nitrogens with one attached hydrogen (secondary N) is 2. The molecular formula is C19H27IN4O. The highest BCUT2D eigenvalue weighted by Crippen LogP contribution is 2.25. The summed E-state index contributed by atoms with van der Waals surface area (Å²) in [7, 11) is 3.49. The Morgan fingerprint density at radius 2 is 1.92 bits per heavy atom. The molecule has 25 heavy (non-hydrogen) atoms. The zero-order chi connectivity index (χ0) is 17.2. The normalized spacial score (nSPS) is 12.0. The highest BCUT2D eigenvalue weighted by molar-refractivity contribution is 14.0. The molecule has 0 aliphatic carbocycles. The number of para-hydroxylation sites is 1. The second-order valence-electron chi connectivity index (χ2n) is 5.59. The van der Waals surface area contributed by atoms with Crippen molar-refractivity contribution in [2.24, 2.45) is 4.99 Å². The number of hydrogen-bond acceptors (Lipinski definition) is 3. The van der Waals surface area contributed by atoms with Gasteiger partial charge in [-0.15, -0.1) is 24.0 Å². The third-order valence-electron chi connectivity index (χ3n) is 3.87. The number of aliphatic imine (C=N–C) groups is 1. The van der Waals surface area contributed by atoms with E-state index in [2.05, 4.69) is 33.6 Å². The molecule has 6 heteroatoms. The minimum Gasteiger partial charge on any atom is -0.496 e. The van der Waals surface area contributed by atoms with Crippen LogP contribution in [0.5, 0.6) is 5.75 Å². The molecule has 5 nitrogen and oxygen atoms in total. The van der Waals surface area contributed by atoms with Crippen molar-refractivity contribution in [3.8, 4) is 5.75 Å². The highest BCUT2D eigenvalue weighted by Gasteiger charge is 2.11. The maximum Gasteiger partial charge on any atom is 0.191 e. The largest absolute Gasteiger partial charge is 0.496 e. The first kappa shape index (κ1) is 21.2. The van der Waals surface area contributed by atoms with Crippen molar-refractivity contribution in [1.29, 1.82) is 0 Å². The Morgan fingerprint density at radius 1 is 1.16 bits per heavy atom. The van der Waals surface area contributed by atoms with Gasteiger partial charge in [0.15, 0.2) is 5.96 Å². The van der Waals surface area contributed by atoms with Crippen molar-refractivity contribution in [3.63, 3.8) is 0 Å². The van der Waals surface area contributed by atoms with Crippen LogP contribution in [-0.2, 0) is 6.42 Å². The summed E-state index contributed by atoms with van der Waals surface area (Å²) in [6.07, 6.45) is 2.68. The molecule has 0 fully saturated rings. The highest BCUT2D eigenvalue weighted by atomic mass is 127. The van der Waals surface area contributed by atoms with Crippen molar-refractivity contribution >= 4 is 29.9 Å². The van der Waals surface area contributed by atoms with Gasteiger partial charge in [0.2, 0.25) is 0 Å². The molecule has 2 N–H and O–H groups in total. The fourth-order valence-electron chi connectivity index (χ4n) is 2.51. The average Bonchev–Trinajstić information content (AvgIpc) is 2.65. The SMILES string of the molecule is CN=C(NCCc1ccccn1)NCC(C)c1ccccc1OC.I. The lowest BCUT2D eigenvalue weighted by atomic mass is 10.0. The van der Waals surface area contributed by atoms with Gasteiger partial charge in [0.25, 0.3) is 0 Å². The molecule has 1 heterocycles. The predicted octanol–water partition coefficient (Wildman–Crippen LogP) is 3.22. The Bertz CT molecular complexity index is 649. The lowest BCUT2D eigenvalue weighted by Gasteiger charge is -2.18. The van der Waals surface area contributed by atoms with Gasteiger partial charge in [-0.25, -0.2) is 0 Å². The van der Waals surface area contributed by atoms with Crippen LogP contribution in [0.2, 0.25) is 0 Å². The van der Waals surface area contributed by atoms with Crippen LogP contribution in [0.15, 0.2) is 53.7 Å². The smallest absolute Gasteiger partial charge is 0.191 e. The van der Waals surface area contributed by atoms with Crippen molar-refractivity contribution in [1.82, 2.24) is 15.6 Å². The van der Waals surface area contributed by atoms with E-state index in [0.717, 1.165) is 36.9 Å². The van der Waals surface area contributed by atoms with Crippen molar-refractivity contribution < 1.29 is 4.74 Å². The molecule has 0 saturated heterocycles. The van der Waals surface area contributed by atoms with E-state index in [4.69, 9.17) is 4.74 Å². The van der Waals surface area contributed by atoms with E-state index in [-0.39, 0.29) is 24.0 Å². The molecule has 1 aromatic heterocycles. The summed E-state index contributed by atoms with van der Waals surface area (Å²) in [6.45, 7) is 3.75. The summed E-state index contributed by atoms with van der Waals surface area (Å²) in [5.41, 5.74) is 2.26. The number of pyridine rings is 1. The average molecular weight is 454 g/mol. The summed E-state index contributed by atoms with van der Waals surface area (Å²) in [4.78, 5) is 8.59. The van der Waals surface area contributed by atoms with Crippen molar-refractivity contribution in [2.45, 2.75) is 19.3 Å². The molecule has 0 aliphatic heterocycles. The van der Waals surface area contributed by atoms with Crippen molar-refractivity contribution in [2.75, 3.05) is 27.2 Å². The van der Waals surface area contributed by atoms with E-state index in [1.807, 2.05) is 42.6 Å². The zero-order valence-corrected chi connectivity index (χ0v) is 17.4. The molecule has 136 valence electrons. The molecule has 1 unspecified atom stereocenters. The third kappa shape index (κ3) is 6.89. The molecular weight excluding hydrogens is 427 g/mol. The van der Waals surface area contributed by atoms with E-state index in [0.29, 0.717) is 5.92 Å². The summed E-state index contributed by atoms with van der Waals surface area (Å²) < 4.78 is 5.43. The number of ether oxygens (including phenoxy) is 1. The second kappa shape index (κ2) is 11.7. The van der Waals surface area contributed by atoms with Crippen LogP contribution < -0.4 is 15.4 Å². The van der Waals surface area contributed by atoms with Gasteiger partial charge in [0.1, 0.15) is 5.75 Å². The first-order valence-corrected chi connectivity index (χ1v) is 8.22. The van der Waals surface area contributed by atoms with Crippen LogP contribution in [0.25, 0.3) is 0 Å². The fourth-order valence-corrected chi connectivity index (χ4v) is 2.51. The summed E-state index contributed by atoms with van der Waals surface area (Å²) >= 11 is 0. The first-order valence-electron chi connectivity index (χ1n) is 8.22. The Kier molecular flexibility index (Phi) is 9.91. The third-order valence-corrected chi connectivity index (χ3v) is 3.87. The number of methoxy groups -OCH3 is 1. The van der Waals surface area contributed by atoms with Crippen LogP contribution in [0, 0.1) is 0 Å². The second-order valence-corrected chi connectivity index (χ2v) is 5.59. The number of hydrogen-bond donors (Lipinski definition) is 2. The molecule has 1 atom stereocenters. The van der Waals surface area contributed by atoms with Crippen molar-refractivity contribution in [3.05, 3.63) is 59.9 Å². The molecule has 0 bridgehead atoms. The van der Waals surface area contributed by atoms with Gasteiger partial charge in [-0.3, -0.25) is 9.98 Å². The van der Waals surface area contributed by atoms with Gasteiger partial charge in [-0.05, 0) is 23.8 Å². The number of nitrogens with zero attached hydrogens (tertiary/aromatic N) is 2. The fraction of sp³-hybridized carbons (Fsp3) is 0.368. The molecule has 0 amide bonds. The quantitative estimate of drug-likeness (QED) is 0.383. The Hall–Kier alpha value is -1.83. The van der Waals surface area contributed by atoms with Gasteiger partial charge in [-0.2, -0.15) is 0 Å². The minimum absolute atomic E-state index is 0. The number of aromatic nitrogens is 1. The van der Waals surface area contributed by atoms with Crippen LogP contribution >= 0.6 is 24.0 Å². The van der Waals surface area contributed by atoms with Gasteiger partial charge in [-0.1, -0.05) is 31.2 Å². The molecule has 1 aromatic carbocycles. The van der Waals surface area contributed by atoms with Gasteiger partial charge >= 0.3 is 0 Å². The standard InChI is InChI=1S/C19H26N4O.HI/c1-15(17-9-4-5-10-18(17)24-3)14-23-19(20-2)22-13-11-16-8-6-7-12-21-16;/h4-10,12,15H,11,13-14H2,1-3H3,(H2,20,22,23);1H. The monoisotopic (exact) mass is 454 g/mol. The van der Waals surface area contributed by atoms with Gasteiger partial charge < -0.3 is 15.4 Å². The van der Waals surface area contributed by atoms with E-state index >= 15 is 0 Å². The lowest BCUT2D eigenvalue weighted by molar-refractivity contribution is 0.406. The molecule has 0 aliphatic rings. The molecule has 0 spiro atoms. The molecule has 0 radical (unpaired) electrons. The minimum atomic E-state index is 0. The maximum atomic E-state index is 5.43. The number of halogens is 1. The van der Waals surface area contributed by atoms with Gasteiger partial charge in [0, 0.05) is 44.4 Å². The van der Waals surface area contributed by atoms with Crippen LogP contribution in [-0.4, -0.2) is 38.2 Å². The van der Waals surface area contributed by atoms with Crippen LogP contribution in [0.4, 0.5) is 0 Å². The lowest BCUT2D eigenvalue weighted by Crippen LogP contribution is -2.40. The van der Waals surface area contributed by atoms with E-state index in [9.17, 15) is 0 Å². The predicted molar refractivity (Wildman–Crippen MR) is 114 cm³/mol. The topological polar surface area (TPSA) is 58.5 Å².